The average Bonchev–Trinajstić information content (AvgIpc) is 2.37. The number of quaternary nitrogens is 3. The number of hydrogen-bond acceptors (Lipinski definition) is 3. The molecular weight excluding hydrogens is 248 g/mol. The highest BCUT2D eigenvalue weighted by Crippen LogP contribution is 2.01. The first kappa shape index (κ1) is 17.8. The summed E-state index contributed by atoms with van der Waals surface area (Å²) in [5.41, 5.74) is 11.2. The Bertz CT molecular complexity index is 274. The molecule has 0 aliphatic heterocycles. The Morgan fingerprint density at radius 1 is 1.00 bits per heavy atom. The minimum absolute atomic E-state index is 0.312. The van der Waals surface area contributed by atoms with Crippen LogP contribution in [0.4, 0.5) is 0 Å². The molecule has 0 saturated heterocycles. The Morgan fingerprint density at radius 3 is 2.00 bits per heavy atom. The quantitative estimate of drug-likeness (QED) is 0.282. The molecule has 112 valence electrons. The fourth-order valence-corrected chi connectivity index (χ4v) is 1.76. The lowest BCUT2D eigenvalue weighted by atomic mass is 10.1. The van der Waals surface area contributed by atoms with E-state index < -0.39 is 18.1 Å². The number of carboxylic acid groups (broad SMARTS) is 1. The van der Waals surface area contributed by atoms with E-state index in [1.807, 2.05) is 0 Å². The van der Waals surface area contributed by atoms with Crippen LogP contribution in [0.25, 0.3) is 0 Å². The summed E-state index contributed by atoms with van der Waals surface area (Å²) in [6, 6.07) is -1.34. The van der Waals surface area contributed by atoms with Gasteiger partial charge in [-0.2, -0.15) is 0 Å². The fourth-order valence-electron chi connectivity index (χ4n) is 1.76. The molecule has 0 rings (SSSR count). The zero-order chi connectivity index (χ0) is 14.7. The van der Waals surface area contributed by atoms with E-state index in [2.05, 4.69) is 22.5 Å². The third-order valence-corrected chi connectivity index (χ3v) is 3.02. The minimum atomic E-state index is -1.23. The second-order valence-corrected chi connectivity index (χ2v) is 4.78. The zero-order valence-corrected chi connectivity index (χ0v) is 11.7. The van der Waals surface area contributed by atoms with Crippen LogP contribution >= 0.6 is 0 Å². The van der Waals surface area contributed by atoms with E-state index in [1.165, 1.54) is 0 Å². The van der Waals surface area contributed by atoms with Gasteiger partial charge in [-0.15, -0.1) is 0 Å². The number of nitrogens with one attached hydrogen (secondary N) is 1. The summed E-state index contributed by atoms with van der Waals surface area (Å²) in [6.45, 7) is 1.60. The summed E-state index contributed by atoms with van der Waals surface area (Å²) in [5, 5.41) is 13.4. The van der Waals surface area contributed by atoms with E-state index in [0.29, 0.717) is 19.3 Å². The van der Waals surface area contributed by atoms with Crippen molar-refractivity contribution >= 4 is 11.9 Å². The summed E-state index contributed by atoms with van der Waals surface area (Å²) in [7, 11) is 0. The normalized spacial score (nSPS) is 13.8. The Balaban J connectivity index is 4.11. The van der Waals surface area contributed by atoms with Crippen LogP contribution in [0.5, 0.6) is 0 Å². The largest absolute Gasteiger partial charge is 0.548 e. The van der Waals surface area contributed by atoms with Gasteiger partial charge in [-0.3, -0.25) is 4.79 Å². The van der Waals surface area contributed by atoms with Crippen molar-refractivity contribution in [2.45, 2.75) is 50.6 Å². The monoisotopic (exact) mass is 276 g/mol. The van der Waals surface area contributed by atoms with E-state index in [4.69, 9.17) is 0 Å². The Kier molecular flexibility index (Phi) is 10.1. The Labute approximate surface area is 113 Å². The van der Waals surface area contributed by atoms with Crippen molar-refractivity contribution < 1.29 is 31.9 Å². The topological polar surface area (TPSA) is 152 Å². The van der Waals surface area contributed by atoms with Crippen LogP contribution in [0.1, 0.15) is 38.5 Å². The molecule has 0 unspecified atom stereocenters. The van der Waals surface area contributed by atoms with Crippen LogP contribution in [0.15, 0.2) is 0 Å². The van der Waals surface area contributed by atoms with E-state index in [9.17, 15) is 14.7 Å². The SMILES string of the molecule is [NH3+]CCCC[C@H](NC(=O)[C@@H]([NH3+])CCCC[NH3+])C(=O)[O-]. The molecule has 0 saturated carbocycles. The number of carboxylic acids is 1. The summed E-state index contributed by atoms with van der Waals surface area (Å²) in [5.74, 6) is -1.55. The van der Waals surface area contributed by atoms with Crippen LogP contribution in [-0.2, 0) is 9.59 Å². The van der Waals surface area contributed by atoms with Crippen molar-refractivity contribution in [3.63, 3.8) is 0 Å². The molecule has 0 bridgehead atoms. The maximum absolute atomic E-state index is 11.8. The molecule has 0 aliphatic rings. The van der Waals surface area contributed by atoms with Gasteiger partial charge in [0.05, 0.1) is 25.1 Å². The number of carbonyl (C=O) groups excluding carboxylic acids is 2. The standard InChI is InChI=1S/C12H26N4O3/c13-7-3-1-5-9(15)11(17)16-10(12(18)19)6-2-4-8-14/h9-10H,1-8,13-15H2,(H,16,17)(H,18,19)/p+2/t9-,10-/m0/s1. The van der Waals surface area contributed by atoms with Crippen molar-refractivity contribution in [1.82, 2.24) is 5.32 Å². The van der Waals surface area contributed by atoms with Gasteiger partial charge in [0, 0.05) is 6.42 Å². The molecule has 0 radical (unpaired) electrons. The van der Waals surface area contributed by atoms with Gasteiger partial charge in [-0.1, -0.05) is 0 Å². The van der Waals surface area contributed by atoms with Crippen molar-refractivity contribution in [2.24, 2.45) is 0 Å². The highest BCUT2D eigenvalue weighted by Gasteiger charge is 2.21. The van der Waals surface area contributed by atoms with Gasteiger partial charge in [-0.25, -0.2) is 0 Å². The molecule has 0 heterocycles. The molecule has 10 N–H and O–H groups in total. The lowest BCUT2D eigenvalue weighted by Crippen LogP contribution is -2.69. The number of rotatable bonds is 11. The third-order valence-electron chi connectivity index (χ3n) is 3.02. The van der Waals surface area contributed by atoms with Crippen LogP contribution < -0.4 is 27.6 Å². The predicted molar refractivity (Wildman–Crippen MR) is 66.8 cm³/mol. The van der Waals surface area contributed by atoms with Gasteiger partial charge in [0.15, 0.2) is 6.04 Å². The lowest BCUT2D eigenvalue weighted by Gasteiger charge is -2.20. The second-order valence-electron chi connectivity index (χ2n) is 4.78. The molecule has 0 aromatic heterocycles. The molecule has 19 heavy (non-hydrogen) atoms. The van der Waals surface area contributed by atoms with E-state index >= 15 is 0 Å². The summed E-state index contributed by atoms with van der Waals surface area (Å²) in [4.78, 5) is 22.7. The van der Waals surface area contributed by atoms with Crippen molar-refractivity contribution in [1.29, 1.82) is 0 Å². The number of hydrogen-bond donors (Lipinski definition) is 4. The van der Waals surface area contributed by atoms with Gasteiger partial charge < -0.3 is 32.4 Å². The van der Waals surface area contributed by atoms with Crippen molar-refractivity contribution in [2.75, 3.05) is 13.1 Å². The Morgan fingerprint density at radius 2 is 1.53 bits per heavy atom. The first-order valence-electron chi connectivity index (χ1n) is 6.95. The maximum Gasteiger partial charge on any atom is 0.278 e. The van der Waals surface area contributed by atoms with Gasteiger partial charge in [0.25, 0.3) is 5.91 Å². The van der Waals surface area contributed by atoms with Crippen molar-refractivity contribution in [3.05, 3.63) is 0 Å². The molecule has 0 aromatic carbocycles. The molecule has 0 aliphatic carbocycles. The number of amides is 1. The van der Waals surface area contributed by atoms with Crippen LogP contribution in [0.2, 0.25) is 0 Å². The van der Waals surface area contributed by atoms with Gasteiger partial charge in [0.2, 0.25) is 0 Å². The number of unbranched alkanes of at least 4 members (excludes halogenated alkanes) is 2. The molecule has 1 amide bonds. The highest BCUT2D eigenvalue weighted by molar-refractivity contribution is 5.85. The smallest absolute Gasteiger partial charge is 0.278 e. The molecular formula is C12H28N4O3+2. The number of aliphatic carboxylic acids is 1. The first-order valence-corrected chi connectivity index (χ1v) is 6.95. The summed E-state index contributed by atoms with van der Waals surface area (Å²) in [6.07, 6.45) is 4.42. The van der Waals surface area contributed by atoms with E-state index in [-0.39, 0.29) is 5.91 Å². The average molecular weight is 276 g/mol. The number of carbonyl (C=O) groups is 2. The first-order chi connectivity index (χ1) is 9.02. The van der Waals surface area contributed by atoms with E-state index in [1.54, 1.807) is 0 Å². The summed E-state index contributed by atoms with van der Waals surface area (Å²) < 4.78 is 0. The van der Waals surface area contributed by atoms with Crippen LogP contribution in [0, 0.1) is 0 Å². The highest BCUT2D eigenvalue weighted by atomic mass is 16.4. The van der Waals surface area contributed by atoms with Gasteiger partial charge >= 0.3 is 0 Å². The van der Waals surface area contributed by atoms with Gasteiger partial charge in [0.1, 0.15) is 0 Å². The summed E-state index contributed by atoms with van der Waals surface area (Å²) >= 11 is 0. The van der Waals surface area contributed by atoms with Crippen LogP contribution in [-0.4, -0.2) is 37.0 Å². The molecule has 0 aromatic rings. The molecule has 0 fully saturated rings. The predicted octanol–water partition coefficient (Wildman–Crippen LogP) is -4.34. The maximum atomic E-state index is 11.8. The minimum Gasteiger partial charge on any atom is -0.548 e. The lowest BCUT2D eigenvalue weighted by molar-refractivity contribution is -0.406. The van der Waals surface area contributed by atoms with Crippen molar-refractivity contribution in [3.8, 4) is 0 Å². The Hall–Kier alpha value is -1.18. The van der Waals surface area contributed by atoms with Crippen LogP contribution in [0.3, 0.4) is 0 Å². The second kappa shape index (κ2) is 10.7. The molecule has 7 heteroatoms. The fraction of sp³-hybridized carbons (Fsp3) is 0.833. The molecule has 2 atom stereocenters. The molecule has 7 nitrogen and oxygen atoms in total. The zero-order valence-electron chi connectivity index (χ0n) is 11.7. The van der Waals surface area contributed by atoms with Gasteiger partial charge in [-0.05, 0) is 32.1 Å². The van der Waals surface area contributed by atoms with E-state index in [0.717, 1.165) is 32.4 Å². The molecule has 0 spiro atoms. The third kappa shape index (κ3) is 8.52.